The van der Waals surface area contributed by atoms with Crippen LogP contribution in [-0.2, 0) is 6.54 Å². The molecule has 0 bridgehead atoms. The third-order valence-electron chi connectivity index (χ3n) is 6.85. The van der Waals surface area contributed by atoms with Crippen molar-refractivity contribution in [1.82, 2.24) is 14.7 Å². The van der Waals surface area contributed by atoms with Crippen LogP contribution in [0.4, 0.5) is 8.78 Å². The van der Waals surface area contributed by atoms with Crippen molar-refractivity contribution >= 4 is 11.7 Å². The lowest BCUT2D eigenvalue weighted by molar-refractivity contribution is 0.0649. The van der Waals surface area contributed by atoms with E-state index in [-0.39, 0.29) is 11.5 Å². The number of rotatable bonds is 6. The number of carbonyl (C=O) groups is 2. The minimum atomic E-state index is -0.724. The number of aromatic nitrogens is 2. The fraction of sp³-hybridized carbons (Fsp3) is 0.233. The monoisotopic (exact) mass is 499 g/mol. The Morgan fingerprint density at radius 2 is 1.62 bits per heavy atom. The van der Waals surface area contributed by atoms with E-state index in [4.69, 9.17) is 5.10 Å². The molecule has 0 N–H and O–H groups in total. The first-order chi connectivity index (χ1) is 17.9. The molecule has 4 aromatic rings. The van der Waals surface area contributed by atoms with E-state index in [0.717, 1.165) is 34.9 Å². The van der Waals surface area contributed by atoms with Gasteiger partial charge in [0.1, 0.15) is 17.3 Å². The SMILES string of the molecule is Cc1ccc(-c2nn(Cc3ccccc3)cc2C(=O)N2CCC(C(=O)c3cc(F)ccc3F)CC2)cc1. The average Bonchev–Trinajstić information content (AvgIpc) is 3.34. The number of amides is 1. The quantitative estimate of drug-likeness (QED) is 0.310. The van der Waals surface area contributed by atoms with Gasteiger partial charge in [0.2, 0.25) is 0 Å². The molecule has 0 atom stereocenters. The molecule has 3 aromatic carbocycles. The number of aryl methyl sites for hydroxylation is 1. The van der Waals surface area contributed by atoms with Crippen molar-refractivity contribution in [3.63, 3.8) is 0 Å². The Morgan fingerprint density at radius 1 is 0.919 bits per heavy atom. The molecule has 1 aromatic heterocycles. The summed E-state index contributed by atoms with van der Waals surface area (Å²) in [5.41, 5.74) is 3.92. The van der Waals surface area contributed by atoms with Gasteiger partial charge in [0.15, 0.2) is 5.78 Å². The number of halogens is 2. The molecule has 1 amide bonds. The van der Waals surface area contributed by atoms with Crippen molar-refractivity contribution in [2.75, 3.05) is 13.1 Å². The van der Waals surface area contributed by atoms with Crippen LogP contribution in [0.3, 0.4) is 0 Å². The molecule has 1 fully saturated rings. The van der Waals surface area contributed by atoms with Gasteiger partial charge in [-0.3, -0.25) is 14.3 Å². The Bertz CT molecular complexity index is 1420. The second kappa shape index (κ2) is 10.5. The summed E-state index contributed by atoms with van der Waals surface area (Å²) in [5, 5.41) is 4.76. The zero-order valence-electron chi connectivity index (χ0n) is 20.5. The first-order valence-corrected chi connectivity index (χ1v) is 12.4. The lowest BCUT2D eigenvalue weighted by atomic mass is 9.88. The van der Waals surface area contributed by atoms with Gasteiger partial charge in [-0.05, 0) is 43.5 Å². The molecule has 7 heteroatoms. The van der Waals surface area contributed by atoms with Crippen LogP contribution in [0, 0.1) is 24.5 Å². The maximum atomic E-state index is 14.1. The summed E-state index contributed by atoms with van der Waals surface area (Å²) in [7, 11) is 0. The van der Waals surface area contributed by atoms with E-state index in [0.29, 0.717) is 43.7 Å². The zero-order chi connectivity index (χ0) is 25.9. The minimum absolute atomic E-state index is 0.155. The largest absolute Gasteiger partial charge is 0.338 e. The molecule has 188 valence electrons. The number of nitrogens with zero attached hydrogens (tertiary/aromatic N) is 3. The van der Waals surface area contributed by atoms with Crippen LogP contribution in [0.25, 0.3) is 11.3 Å². The highest BCUT2D eigenvalue weighted by Gasteiger charge is 2.31. The molecule has 5 nitrogen and oxygen atoms in total. The summed E-state index contributed by atoms with van der Waals surface area (Å²) in [4.78, 5) is 28.2. The van der Waals surface area contributed by atoms with Crippen molar-refractivity contribution in [3.05, 3.63) is 113 Å². The lowest BCUT2D eigenvalue weighted by Gasteiger charge is -2.31. The summed E-state index contributed by atoms with van der Waals surface area (Å²) >= 11 is 0. The van der Waals surface area contributed by atoms with Gasteiger partial charge in [-0.25, -0.2) is 8.78 Å². The predicted octanol–water partition coefficient (Wildman–Crippen LogP) is 5.92. The summed E-state index contributed by atoms with van der Waals surface area (Å²) in [6, 6.07) is 20.7. The van der Waals surface area contributed by atoms with Crippen LogP contribution in [-0.4, -0.2) is 39.5 Å². The van der Waals surface area contributed by atoms with Crippen molar-refractivity contribution in [2.45, 2.75) is 26.3 Å². The average molecular weight is 500 g/mol. The van der Waals surface area contributed by atoms with E-state index in [2.05, 4.69) is 0 Å². The molecule has 0 saturated carbocycles. The summed E-state index contributed by atoms with van der Waals surface area (Å²) < 4.78 is 29.5. The fourth-order valence-corrected chi connectivity index (χ4v) is 4.78. The van der Waals surface area contributed by atoms with Crippen LogP contribution in [0.5, 0.6) is 0 Å². The third-order valence-corrected chi connectivity index (χ3v) is 6.85. The van der Waals surface area contributed by atoms with Gasteiger partial charge >= 0.3 is 0 Å². The molecule has 0 aliphatic carbocycles. The van der Waals surface area contributed by atoms with Crippen LogP contribution < -0.4 is 0 Å². The van der Waals surface area contributed by atoms with Crippen LogP contribution in [0.15, 0.2) is 79.0 Å². The van der Waals surface area contributed by atoms with E-state index in [1.165, 1.54) is 0 Å². The first-order valence-electron chi connectivity index (χ1n) is 12.4. The molecule has 0 unspecified atom stereocenters. The van der Waals surface area contributed by atoms with E-state index in [9.17, 15) is 18.4 Å². The smallest absolute Gasteiger partial charge is 0.257 e. The molecule has 1 aliphatic rings. The Kier molecular flexibility index (Phi) is 6.95. The van der Waals surface area contributed by atoms with Crippen LogP contribution in [0.1, 0.15) is 44.7 Å². The topological polar surface area (TPSA) is 55.2 Å². The number of hydrogen-bond acceptors (Lipinski definition) is 3. The van der Waals surface area contributed by atoms with Crippen molar-refractivity contribution in [3.8, 4) is 11.3 Å². The molecule has 1 aliphatic heterocycles. The lowest BCUT2D eigenvalue weighted by Crippen LogP contribution is -2.40. The van der Waals surface area contributed by atoms with E-state index in [1.54, 1.807) is 15.8 Å². The van der Waals surface area contributed by atoms with Gasteiger partial charge in [-0.2, -0.15) is 5.10 Å². The van der Waals surface area contributed by atoms with Crippen LogP contribution >= 0.6 is 0 Å². The molecular formula is C30H27F2N3O2. The zero-order valence-corrected chi connectivity index (χ0v) is 20.5. The Hall–Kier alpha value is -4.13. The van der Waals surface area contributed by atoms with Crippen LogP contribution in [0.2, 0.25) is 0 Å². The Balaban J connectivity index is 1.36. The van der Waals surface area contributed by atoms with Crippen molar-refractivity contribution in [1.29, 1.82) is 0 Å². The number of ketones is 1. The van der Waals surface area contributed by atoms with Gasteiger partial charge in [-0.15, -0.1) is 0 Å². The molecule has 0 radical (unpaired) electrons. The standard InChI is InChI=1S/C30H27F2N3O2/c1-20-7-9-22(10-8-20)28-26(19-35(33-28)18-21-5-3-2-4-6-21)30(37)34-15-13-23(14-16-34)29(36)25-17-24(31)11-12-27(25)32/h2-12,17,19,23H,13-16,18H2,1H3. The molecule has 2 heterocycles. The maximum absolute atomic E-state index is 14.1. The normalized spacial score (nSPS) is 14.1. The molecular weight excluding hydrogens is 472 g/mol. The highest BCUT2D eigenvalue weighted by Crippen LogP contribution is 2.28. The van der Waals surface area contributed by atoms with Gasteiger partial charge in [-0.1, -0.05) is 60.2 Å². The number of benzene rings is 3. The number of hydrogen-bond donors (Lipinski definition) is 0. The van der Waals surface area contributed by atoms with Crippen molar-refractivity contribution in [2.24, 2.45) is 5.92 Å². The number of piperidine rings is 1. The second-order valence-corrected chi connectivity index (χ2v) is 9.50. The molecule has 1 saturated heterocycles. The van der Waals surface area contributed by atoms with Gasteiger partial charge < -0.3 is 4.90 Å². The first kappa shape index (κ1) is 24.6. The number of likely N-dealkylation sites (tertiary alicyclic amines) is 1. The summed E-state index contributed by atoms with van der Waals surface area (Å²) in [5.74, 6) is -2.40. The van der Waals surface area contributed by atoms with E-state index >= 15 is 0 Å². The highest BCUT2D eigenvalue weighted by molar-refractivity contribution is 6.01. The molecule has 0 spiro atoms. The van der Waals surface area contributed by atoms with E-state index < -0.39 is 23.3 Å². The van der Waals surface area contributed by atoms with E-state index in [1.807, 2.05) is 61.5 Å². The number of Topliss-reactive ketones (excluding diaryl/α,β-unsaturated/α-hetero) is 1. The minimum Gasteiger partial charge on any atom is -0.338 e. The Morgan fingerprint density at radius 3 is 2.32 bits per heavy atom. The second-order valence-electron chi connectivity index (χ2n) is 9.50. The Labute approximate surface area is 214 Å². The third kappa shape index (κ3) is 5.35. The summed E-state index contributed by atoms with van der Waals surface area (Å²) in [6.07, 6.45) is 2.56. The summed E-state index contributed by atoms with van der Waals surface area (Å²) in [6.45, 7) is 3.24. The van der Waals surface area contributed by atoms with Gasteiger partial charge in [0, 0.05) is 30.8 Å². The number of carbonyl (C=O) groups excluding carboxylic acids is 2. The van der Waals surface area contributed by atoms with Crippen molar-refractivity contribution < 1.29 is 18.4 Å². The highest BCUT2D eigenvalue weighted by atomic mass is 19.1. The van der Waals surface area contributed by atoms with Gasteiger partial charge in [0.05, 0.1) is 17.7 Å². The molecule has 5 rings (SSSR count). The fourth-order valence-electron chi connectivity index (χ4n) is 4.78. The molecule has 37 heavy (non-hydrogen) atoms. The van der Waals surface area contributed by atoms with Gasteiger partial charge in [0.25, 0.3) is 5.91 Å². The maximum Gasteiger partial charge on any atom is 0.257 e. The predicted molar refractivity (Wildman–Crippen MR) is 137 cm³/mol.